The molecule has 0 aromatic heterocycles. The van der Waals surface area contributed by atoms with Gasteiger partial charge in [0.05, 0.1) is 10.9 Å². The summed E-state index contributed by atoms with van der Waals surface area (Å²) in [5, 5.41) is 0. The van der Waals surface area contributed by atoms with E-state index in [2.05, 4.69) is 0 Å². The monoisotopic (exact) mass is 249 g/mol. The smallest absolute Gasteiger partial charge is 0.253 e. The average Bonchev–Trinajstić information content (AvgIpc) is 2.16. The van der Waals surface area contributed by atoms with Crippen molar-refractivity contribution in [2.45, 2.75) is 23.8 Å². The van der Waals surface area contributed by atoms with Crippen molar-refractivity contribution < 1.29 is 17.2 Å². The lowest BCUT2D eigenvalue weighted by atomic mass is 10.1. The van der Waals surface area contributed by atoms with Crippen LogP contribution in [0.2, 0.25) is 0 Å². The molecule has 0 radical (unpaired) electrons. The highest BCUT2D eigenvalue weighted by molar-refractivity contribution is 7.90. The molecule has 0 heterocycles. The molecule has 0 bridgehead atoms. The van der Waals surface area contributed by atoms with Gasteiger partial charge in [0.1, 0.15) is 0 Å². The van der Waals surface area contributed by atoms with E-state index in [1.165, 1.54) is 18.2 Å². The molecule has 0 amide bonds. The molecular formula is C10H13F2NO2S. The minimum absolute atomic E-state index is 0.0406. The van der Waals surface area contributed by atoms with E-state index in [0.717, 1.165) is 6.26 Å². The Labute approximate surface area is 93.2 Å². The second-order valence-corrected chi connectivity index (χ2v) is 5.64. The average molecular weight is 249 g/mol. The van der Waals surface area contributed by atoms with Crippen molar-refractivity contribution in [3.63, 3.8) is 0 Å². The van der Waals surface area contributed by atoms with Gasteiger partial charge in [0, 0.05) is 6.26 Å². The molecule has 1 rings (SSSR count). The van der Waals surface area contributed by atoms with Crippen molar-refractivity contribution in [1.82, 2.24) is 0 Å². The molecular weight excluding hydrogens is 236 g/mol. The van der Waals surface area contributed by atoms with Gasteiger partial charge in [0.15, 0.2) is 9.84 Å². The quantitative estimate of drug-likeness (QED) is 0.873. The Morgan fingerprint density at radius 3 is 2.50 bits per heavy atom. The Balaban J connectivity index is 2.92. The Morgan fingerprint density at radius 1 is 1.38 bits per heavy atom. The van der Waals surface area contributed by atoms with E-state index >= 15 is 0 Å². The maximum absolute atomic E-state index is 12.2. The summed E-state index contributed by atoms with van der Waals surface area (Å²) in [7, 11) is -3.31. The van der Waals surface area contributed by atoms with Crippen LogP contribution >= 0.6 is 0 Å². The fourth-order valence-electron chi connectivity index (χ4n) is 1.26. The number of rotatable bonds is 4. The first-order valence-electron chi connectivity index (χ1n) is 4.63. The summed E-state index contributed by atoms with van der Waals surface area (Å²) in [6, 6.07) is 4.63. The summed E-state index contributed by atoms with van der Waals surface area (Å²) >= 11 is 0. The first-order chi connectivity index (χ1) is 7.30. The van der Waals surface area contributed by atoms with Crippen molar-refractivity contribution >= 4 is 9.84 Å². The molecule has 0 aliphatic carbocycles. The molecule has 16 heavy (non-hydrogen) atoms. The van der Waals surface area contributed by atoms with Crippen LogP contribution in [0.5, 0.6) is 0 Å². The number of benzene rings is 1. The Hall–Kier alpha value is -1.01. The molecule has 1 unspecified atom stereocenters. The second-order valence-electron chi connectivity index (χ2n) is 3.62. The minimum Gasteiger partial charge on any atom is -0.323 e. The zero-order valence-corrected chi connectivity index (χ0v) is 9.55. The molecule has 1 aromatic carbocycles. The van der Waals surface area contributed by atoms with E-state index < -0.39 is 22.3 Å². The van der Waals surface area contributed by atoms with Crippen LogP contribution in [0.25, 0.3) is 0 Å². The molecule has 1 atom stereocenters. The van der Waals surface area contributed by atoms with E-state index in [1.54, 1.807) is 6.07 Å². The van der Waals surface area contributed by atoms with Crippen molar-refractivity contribution in [1.29, 1.82) is 0 Å². The van der Waals surface area contributed by atoms with Gasteiger partial charge in [-0.15, -0.1) is 0 Å². The van der Waals surface area contributed by atoms with Crippen LogP contribution in [0.4, 0.5) is 8.78 Å². The summed E-state index contributed by atoms with van der Waals surface area (Å²) in [5.41, 5.74) is 5.70. The Morgan fingerprint density at radius 2 is 2.00 bits per heavy atom. The maximum Gasteiger partial charge on any atom is 0.253 e. The molecule has 2 N–H and O–H groups in total. The van der Waals surface area contributed by atoms with Gasteiger partial charge in [0.25, 0.3) is 6.43 Å². The third-order valence-electron chi connectivity index (χ3n) is 2.12. The molecule has 0 spiro atoms. The van der Waals surface area contributed by atoms with Crippen LogP contribution in [-0.4, -0.2) is 27.1 Å². The first kappa shape index (κ1) is 13.1. The van der Waals surface area contributed by atoms with E-state index in [0.29, 0.717) is 5.56 Å². The normalized spacial score (nSPS) is 14.1. The topological polar surface area (TPSA) is 60.2 Å². The number of halogens is 2. The van der Waals surface area contributed by atoms with Crippen LogP contribution < -0.4 is 5.73 Å². The number of hydrogen-bond donors (Lipinski definition) is 1. The highest BCUT2D eigenvalue weighted by Gasteiger charge is 2.16. The van der Waals surface area contributed by atoms with Crippen LogP contribution in [0, 0.1) is 0 Å². The largest absolute Gasteiger partial charge is 0.323 e. The third-order valence-corrected chi connectivity index (χ3v) is 3.23. The van der Waals surface area contributed by atoms with E-state index in [-0.39, 0.29) is 11.3 Å². The van der Waals surface area contributed by atoms with Gasteiger partial charge in [-0.2, -0.15) is 0 Å². The van der Waals surface area contributed by atoms with Crippen LogP contribution in [0.3, 0.4) is 0 Å². The van der Waals surface area contributed by atoms with Crippen molar-refractivity contribution in [2.24, 2.45) is 5.73 Å². The molecule has 0 aliphatic heterocycles. The van der Waals surface area contributed by atoms with Gasteiger partial charge in [-0.3, -0.25) is 0 Å². The standard InChI is InChI=1S/C10H13F2NO2S/c1-16(14,15)8-4-2-3-7(5-8)6-9(13)10(11)12/h2-5,9-10H,6,13H2,1H3. The molecule has 90 valence electrons. The van der Waals surface area contributed by atoms with E-state index in [4.69, 9.17) is 5.73 Å². The van der Waals surface area contributed by atoms with Gasteiger partial charge >= 0.3 is 0 Å². The van der Waals surface area contributed by atoms with Gasteiger partial charge in [-0.1, -0.05) is 12.1 Å². The van der Waals surface area contributed by atoms with E-state index in [9.17, 15) is 17.2 Å². The Bertz CT molecular complexity index is 460. The zero-order valence-electron chi connectivity index (χ0n) is 8.73. The molecule has 0 saturated heterocycles. The van der Waals surface area contributed by atoms with E-state index in [1.807, 2.05) is 0 Å². The maximum atomic E-state index is 12.2. The highest BCUT2D eigenvalue weighted by atomic mass is 32.2. The summed E-state index contributed by atoms with van der Waals surface area (Å²) in [5.74, 6) is 0. The van der Waals surface area contributed by atoms with Gasteiger partial charge in [-0.25, -0.2) is 17.2 Å². The molecule has 0 saturated carbocycles. The summed E-state index contributed by atoms with van der Waals surface area (Å²) in [6.07, 6.45) is -1.58. The number of hydrogen-bond acceptors (Lipinski definition) is 3. The number of alkyl halides is 2. The molecule has 0 fully saturated rings. The fraction of sp³-hybridized carbons (Fsp3) is 0.400. The van der Waals surface area contributed by atoms with Crippen molar-refractivity contribution in [2.75, 3.05) is 6.26 Å². The highest BCUT2D eigenvalue weighted by Crippen LogP contribution is 2.14. The van der Waals surface area contributed by atoms with Crippen molar-refractivity contribution in [3.05, 3.63) is 29.8 Å². The van der Waals surface area contributed by atoms with Crippen LogP contribution in [0.1, 0.15) is 5.56 Å². The lowest BCUT2D eigenvalue weighted by molar-refractivity contribution is 0.116. The first-order valence-corrected chi connectivity index (χ1v) is 6.52. The fourth-order valence-corrected chi connectivity index (χ4v) is 1.96. The Kier molecular flexibility index (Phi) is 3.98. The third kappa shape index (κ3) is 3.53. The SMILES string of the molecule is CS(=O)(=O)c1cccc(CC(N)C(F)F)c1. The second kappa shape index (κ2) is 4.88. The zero-order chi connectivity index (χ0) is 12.3. The van der Waals surface area contributed by atoms with Crippen molar-refractivity contribution in [3.8, 4) is 0 Å². The van der Waals surface area contributed by atoms with Gasteiger partial charge in [0.2, 0.25) is 0 Å². The summed E-state index contributed by atoms with van der Waals surface area (Å²) in [6.45, 7) is 0. The molecule has 6 heteroatoms. The van der Waals surface area contributed by atoms with Gasteiger partial charge < -0.3 is 5.73 Å². The number of sulfone groups is 1. The van der Waals surface area contributed by atoms with Gasteiger partial charge in [-0.05, 0) is 24.1 Å². The predicted molar refractivity (Wildman–Crippen MR) is 57.2 cm³/mol. The predicted octanol–water partition coefficient (Wildman–Crippen LogP) is 1.23. The summed E-state index contributed by atoms with van der Waals surface area (Å²) < 4.78 is 46.9. The lowest BCUT2D eigenvalue weighted by Gasteiger charge is -2.10. The molecule has 3 nitrogen and oxygen atoms in total. The lowest BCUT2D eigenvalue weighted by Crippen LogP contribution is -2.30. The van der Waals surface area contributed by atoms with Crippen LogP contribution in [-0.2, 0) is 16.3 Å². The number of nitrogens with two attached hydrogens (primary N) is 1. The molecule has 0 aliphatic rings. The minimum atomic E-state index is -3.31. The van der Waals surface area contributed by atoms with Crippen LogP contribution in [0.15, 0.2) is 29.2 Å². The summed E-state index contributed by atoms with van der Waals surface area (Å²) in [4.78, 5) is 0.117. The molecule has 1 aromatic rings.